The molecule has 0 fully saturated rings. The van der Waals surface area contributed by atoms with Gasteiger partial charge in [-0.15, -0.1) is 0 Å². The molecule has 21 heavy (non-hydrogen) atoms. The van der Waals surface area contributed by atoms with Crippen molar-refractivity contribution in [2.24, 2.45) is 0 Å². The second kappa shape index (κ2) is 10.6. The summed E-state index contributed by atoms with van der Waals surface area (Å²) in [7, 11) is 1.67. The van der Waals surface area contributed by atoms with Gasteiger partial charge >= 0.3 is 0 Å². The molecule has 0 aliphatic carbocycles. The highest BCUT2D eigenvalue weighted by atomic mass is 16.5. The standard InChI is InChI=1S/C16H27NO4/c1-13(2)21-9-8-20-12-15(18)10-17-16-7-5-4-6-14(16)11-19-3/h4-7,13,15,17-18H,8-12H2,1-3H3. The van der Waals surface area contributed by atoms with E-state index >= 15 is 0 Å². The highest BCUT2D eigenvalue weighted by Crippen LogP contribution is 2.15. The number of hydrogen-bond donors (Lipinski definition) is 2. The second-order valence-electron chi connectivity index (χ2n) is 5.12. The van der Waals surface area contributed by atoms with Crippen molar-refractivity contribution in [1.29, 1.82) is 0 Å². The van der Waals surface area contributed by atoms with Crippen molar-refractivity contribution in [3.05, 3.63) is 29.8 Å². The highest BCUT2D eigenvalue weighted by Gasteiger charge is 2.06. The molecule has 1 unspecified atom stereocenters. The van der Waals surface area contributed by atoms with Gasteiger partial charge in [0.25, 0.3) is 0 Å². The van der Waals surface area contributed by atoms with Crippen LogP contribution in [0.25, 0.3) is 0 Å². The predicted molar refractivity (Wildman–Crippen MR) is 83.6 cm³/mol. The molecule has 1 rings (SSSR count). The molecule has 1 aromatic carbocycles. The molecule has 2 N–H and O–H groups in total. The zero-order valence-corrected chi connectivity index (χ0v) is 13.2. The van der Waals surface area contributed by atoms with E-state index in [0.29, 0.717) is 33.0 Å². The van der Waals surface area contributed by atoms with Crippen molar-refractivity contribution >= 4 is 5.69 Å². The molecule has 0 heterocycles. The van der Waals surface area contributed by atoms with Gasteiger partial charge in [0.05, 0.1) is 38.6 Å². The third kappa shape index (κ3) is 8.02. The lowest BCUT2D eigenvalue weighted by molar-refractivity contribution is -0.00734. The maximum atomic E-state index is 9.88. The molecule has 0 saturated carbocycles. The molecule has 0 saturated heterocycles. The SMILES string of the molecule is COCc1ccccc1NCC(O)COCCOC(C)C. The smallest absolute Gasteiger partial charge is 0.0945 e. The predicted octanol–water partition coefficient (Wildman–Crippen LogP) is 2.05. The fourth-order valence-electron chi connectivity index (χ4n) is 1.82. The van der Waals surface area contributed by atoms with Crippen LogP contribution < -0.4 is 5.32 Å². The highest BCUT2D eigenvalue weighted by molar-refractivity contribution is 5.50. The molecular weight excluding hydrogens is 270 g/mol. The third-order valence-corrected chi connectivity index (χ3v) is 2.83. The van der Waals surface area contributed by atoms with Gasteiger partial charge < -0.3 is 24.6 Å². The van der Waals surface area contributed by atoms with Gasteiger partial charge in [-0.1, -0.05) is 18.2 Å². The molecule has 0 amide bonds. The van der Waals surface area contributed by atoms with E-state index in [9.17, 15) is 5.11 Å². The number of aliphatic hydroxyl groups excluding tert-OH is 1. The molecule has 0 aromatic heterocycles. The van der Waals surface area contributed by atoms with Crippen LogP contribution in [0.3, 0.4) is 0 Å². The minimum Gasteiger partial charge on any atom is -0.389 e. The molecule has 120 valence electrons. The topological polar surface area (TPSA) is 60.0 Å². The lowest BCUT2D eigenvalue weighted by atomic mass is 10.2. The Bertz CT molecular complexity index is 384. The number of para-hydroxylation sites is 1. The van der Waals surface area contributed by atoms with Crippen LogP contribution in [0.4, 0.5) is 5.69 Å². The van der Waals surface area contributed by atoms with E-state index in [0.717, 1.165) is 11.3 Å². The lowest BCUT2D eigenvalue weighted by Crippen LogP contribution is -2.26. The Kier molecular flexibility index (Phi) is 9.01. The van der Waals surface area contributed by atoms with Crippen molar-refractivity contribution in [1.82, 2.24) is 0 Å². The van der Waals surface area contributed by atoms with Crippen molar-refractivity contribution in [2.75, 3.05) is 38.8 Å². The Morgan fingerprint density at radius 2 is 1.95 bits per heavy atom. The van der Waals surface area contributed by atoms with Crippen molar-refractivity contribution in [2.45, 2.75) is 32.7 Å². The van der Waals surface area contributed by atoms with Gasteiger partial charge in [-0.3, -0.25) is 0 Å². The van der Waals surface area contributed by atoms with E-state index in [1.54, 1.807) is 7.11 Å². The summed E-state index contributed by atoms with van der Waals surface area (Å²) in [5.74, 6) is 0. The zero-order chi connectivity index (χ0) is 15.5. The lowest BCUT2D eigenvalue weighted by Gasteiger charge is -2.16. The van der Waals surface area contributed by atoms with Gasteiger partial charge in [-0.2, -0.15) is 0 Å². The summed E-state index contributed by atoms with van der Waals surface area (Å²) in [4.78, 5) is 0. The minimum atomic E-state index is -0.556. The fourth-order valence-corrected chi connectivity index (χ4v) is 1.82. The average Bonchev–Trinajstić information content (AvgIpc) is 2.46. The van der Waals surface area contributed by atoms with Crippen molar-refractivity contribution in [3.8, 4) is 0 Å². The summed E-state index contributed by atoms with van der Waals surface area (Å²) in [6, 6.07) is 7.89. The summed E-state index contributed by atoms with van der Waals surface area (Å²) < 4.78 is 15.9. The monoisotopic (exact) mass is 297 g/mol. The van der Waals surface area contributed by atoms with Crippen LogP contribution in [0, 0.1) is 0 Å². The number of benzene rings is 1. The van der Waals surface area contributed by atoms with E-state index in [1.165, 1.54) is 0 Å². The fraction of sp³-hybridized carbons (Fsp3) is 0.625. The summed E-state index contributed by atoms with van der Waals surface area (Å²) in [5.41, 5.74) is 2.04. The van der Waals surface area contributed by atoms with E-state index in [2.05, 4.69) is 5.32 Å². The maximum Gasteiger partial charge on any atom is 0.0945 e. The van der Waals surface area contributed by atoms with E-state index < -0.39 is 6.10 Å². The quantitative estimate of drug-likeness (QED) is 0.612. The first-order valence-electron chi connectivity index (χ1n) is 7.31. The molecule has 5 heteroatoms. The number of rotatable bonds is 11. The van der Waals surface area contributed by atoms with Crippen LogP contribution >= 0.6 is 0 Å². The first kappa shape index (κ1) is 17.9. The largest absolute Gasteiger partial charge is 0.389 e. The Labute approximate surface area is 127 Å². The minimum absolute atomic E-state index is 0.206. The van der Waals surface area contributed by atoms with Gasteiger partial charge in [0, 0.05) is 24.9 Å². The van der Waals surface area contributed by atoms with E-state index in [1.807, 2.05) is 38.1 Å². The Morgan fingerprint density at radius 1 is 1.19 bits per heavy atom. The first-order valence-corrected chi connectivity index (χ1v) is 7.31. The summed E-state index contributed by atoms with van der Waals surface area (Å²) in [5, 5.41) is 13.1. The van der Waals surface area contributed by atoms with Crippen LogP contribution in [0.5, 0.6) is 0 Å². The first-order chi connectivity index (χ1) is 10.1. The van der Waals surface area contributed by atoms with Gasteiger partial charge in [0.2, 0.25) is 0 Å². The Balaban J connectivity index is 2.22. The van der Waals surface area contributed by atoms with Gasteiger partial charge in [0.1, 0.15) is 0 Å². The van der Waals surface area contributed by atoms with E-state index in [-0.39, 0.29) is 6.10 Å². The number of methoxy groups -OCH3 is 1. The summed E-state index contributed by atoms with van der Waals surface area (Å²) in [6.45, 7) is 6.28. The summed E-state index contributed by atoms with van der Waals surface area (Å²) >= 11 is 0. The molecule has 0 aliphatic heterocycles. The summed E-state index contributed by atoms with van der Waals surface area (Å²) in [6.07, 6.45) is -0.350. The van der Waals surface area contributed by atoms with Crippen LogP contribution in [0.15, 0.2) is 24.3 Å². The molecule has 0 spiro atoms. The Morgan fingerprint density at radius 3 is 2.67 bits per heavy atom. The van der Waals surface area contributed by atoms with Crippen LogP contribution in [-0.2, 0) is 20.8 Å². The van der Waals surface area contributed by atoms with E-state index in [4.69, 9.17) is 14.2 Å². The second-order valence-corrected chi connectivity index (χ2v) is 5.12. The van der Waals surface area contributed by atoms with Gasteiger partial charge in [-0.25, -0.2) is 0 Å². The average molecular weight is 297 g/mol. The van der Waals surface area contributed by atoms with Gasteiger partial charge in [0.15, 0.2) is 0 Å². The van der Waals surface area contributed by atoms with Crippen molar-refractivity contribution < 1.29 is 19.3 Å². The molecule has 0 aliphatic rings. The maximum absolute atomic E-state index is 9.88. The third-order valence-electron chi connectivity index (χ3n) is 2.83. The number of anilines is 1. The number of nitrogens with one attached hydrogen (secondary N) is 1. The normalized spacial score (nSPS) is 12.6. The van der Waals surface area contributed by atoms with Gasteiger partial charge in [-0.05, 0) is 19.9 Å². The molecule has 0 radical (unpaired) electrons. The molecular formula is C16H27NO4. The molecule has 5 nitrogen and oxygen atoms in total. The number of hydrogen-bond acceptors (Lipinski definition) is 5. The van der Waals surface area contributed by atoms with Crippen molar-refractivity contribution in [3.63, 3.8) is 0 Å². The van der Waals surface area contributed by atoms with Crippen LogP contribution in [-0.4, -0.2) is 50.8 Å². The number of ether oxygens (including phenoxy) is 3. The number of aliphatic hydroxyl groups is 1. The Hall–Kier alpha value is -1.14. The zero-order valence-electron chi connectivity index (χ0n) is 13.2. The van der Waals surface area contributed by atoms with Crippen LogP contribution in [0.2, 0.25) is 0 Å². The molecule has 1 aromatic rings. The molecule has 0 bridgehead atoms. The molecule has 1 atom stereocenters. The van der Waals surface area contributed by atoms with Crippen LogP contribution in [0.1, 0.15) is 19.4 Å².